The molecule has 0 saturated carbocycles. The fourth-order valence-corrected chi connectivity index (χ4v) is 1.68. The summed E-state index contributed by atoms with van der Waals surface area (Å²) < 4.78 is 0. The third kappa shape index (κ3) is 1.80. The van der Waals surface area contributed by atoms with Crippen LogP contribution in [0, 0.1) is 6.92 Å². The molecule has 0 unspecified atom stereocenters. The number of aryl methyl sites for hydroxylation is 1. The van der Waals surface area contributed by atoms with Gasteiger partial charge in [0.2, 0.25) is 0 Å². The van der Waals surface area contributed by atoms with E-state index in [1.807, 2.05) is 25.3 Å². The molecule has 0 aliphatic rings. The van der Waals surface area contributed by atoms with Gasteiger partial charge in [0, 0.05) is 4.88 Å². The highest BCUT2D eigenvalue weighted by Crippen LogP contribution is 2.22. The average Bonchev–Trinajstić information content (AvgIpc) is 2.36. The largest absolute Gasteiger partial charge is 0.394 e. The Morgan fingerprint density at radius 3 is 2.73 bits per heavy atom. The van der Waals surface area contributed by atoms with E-state index in [1.54, 1.807) is 11.3 Å². The first-order valence-corrected chi connectivity index (χ1v) is 4.39. The third-order valence-corrected chi connectivity index (χ3v) is 2.58. The van der Waals surface area contributed by atoms with Crippen molar-refractivity contribution in [2.45, 2.75) is 19.4 Å². The molecule has 62 valence electrons. The molecule has 0 bridgehead atoms. The van der Waals surface area contributed by atoms with Gasteiger partial charge in [-0.1, -0.05) is 0 Å². The van der Waals surface area contributed by atoms with Gasteiger partial charge in [0.25, 0.3) is 0 Å². The van der Waals surface area contributed by atoms with Gasteiger partial charge in [-0.05, 0) is 30.9 Å². The molecule has 3 heteroatoms. The smallest absolute Gasteiger partial charge is 0.0650 e. The lowest BCUT2D eigenvalue weighted by atomic mass is 9.97. The number of thiophene rings is 1. The molecule has 0 aliphatic heterocycles. The van der Waals surface area contributed by atoms with Gasteiger partial charge < -0.3 is 10.8 Å². The van der Waals surface area contributed by atoms with Crippen LogP contribution in [0.4, 0.5) is 0 Å². The quantitative estimate of drug-likeness (QED) is 0.703. The molecule has 1 atom stereocenters. The van der Waals surface area contributed by atoms with Crippen LogP contribution in [0.25, 0.3) is 0 Å². The van der Waals surface area contributed by atoms with Crippen molar-refractivity contribution in [2.24, 2.45) is 5.73 Å². The highest BCUT2D eigenvalue weighted by molar-refractivity contribution is 7.10. The Bertz CT molecular complexity index is 242. The van der Waals surface area contributed by atoms with Crippen molar-refractivity contribution in [3.8, 4) is 0 Å². The molecule has 0 fully saturated rings. The second-order valence-corrected chi connectivity index (χ2v) is 4.14. The standard InChI is InChI=1S/C8H13NOS/c1-6-3-7(4-11-6)8(2,9)5-10/h3-4,10H,5,9H2,1-2H3/t8-/m1/s1. The number of hydrogen-bond donors (Lipinski definition) is 2. The van der Waals surface area contributed by atoms with Gasteiger partial charge in [-0.3, -0.25) is 0 Å². The predicted molar refractivity (Wildman–Crippen MR) is 47.7 cm³/mol. The summed E-state index contributed by atoms with van der Waals surface area (Å²) in [6.45, 7) is 3.85. The maximum absolute atomic E-state index is 8.94. The lowest BCUT2D eigenvalue weighted by Gasteiger charge is -2.19. The van der Waals surface area contributed by atoms with Crippen molar-refractivity contribution in [1.29, 1.82) is 0 Å². The minimum absolute atomic E-state index is 0.0107. The Labute approximate surface area is 70.7 Å². The van der Waals surface area contributed by atoms with Crippen LogP contribution in [0.2, 0.25) is 0 Å². The monoisotopic (exact) mass is 171 g/mol. The molecule has 1 rings (SSSR count). The van der Waals surface area contributed by atoms with Gasteiger partial charge in [0.1, 0.15) is 0 Å². The Balaban J connectivity index is 2.92. The molecule has 1 aromatic heterocycles. The lowest BCUT2D eigenvalue weighted by Crippen LogP contribution is -2.36. The van der Waals surface area contributed by atoms with Crippen LogP contribution in [-0.4, -0.2) is 11.7 Å². The molecule has 0 saturated heterocycles. The SMILES string of the molecule is Cc1cc([C@](C)(N)CO)cs1. The Kier molecular flexibility index (Phi) is 2.32. The molecule has 11 heavy (non-hydrogen) atoms. The second kappa shape index (κ2) is 2.93. The van der Waals surface area contributed by atoms with Gasteiger partial charge in [0.15, 0.2) is 0 Å². The van der Waals surface area contributed by atoms with E-state index >= 15 is 0 Å². The number of rotatable bonds is 2. The van der Waals surface area contributed by atoms with Crippen molar-refractivity contribution in [3.63, 3.8) is 0 Å². The van der Waals surface area contributed by atoms with E-state index in [4.69, 9.17) is 10.8 Å². The molecule has 1 heterocycles. The van der Waals surface area contributed by atoms with E-state index in [2.05, 4.69) is 0 Å². The molecule has 3 N–H and O–H groups in total. The Morgan fingerprint density at radius 2 is 2.36 bits per heavy atom. The van der Waals surface area contributed by atoms with Crippen molar-refractivity contribution < 1.29 is 5.11 Å². The van der Waals surface area contributed by atoms with E-state index in [0.29, 0.717) is 0 Å². The van der Waals surface area contributed by atoms with Crippen LogP contribution in [0.5, 0.6) is 0 Å². The number of nitrogens with two attached hydrogens (primary N) is 1. The minimum Gasteiger partial charge on any atom is -0.394 e. The zero-order chi connectivity index (χ0) is 8.48. The van der Waals surface area contributed by atoms with Crippen LogP contribution < -0.4 is 5.73 Å². The van der Waals surface area contributed by atoms with Gasteiger partial charge >= 0.3 is 0 Å². The van der Waals surface area contributed by atoms with Crippen LogP contribution in [0.15, 0.2) is 11.4 Å². The highest BCUT2D eigenvalue weighted by Gasteiger charge is 2.20. The van der Waals surface area contributed by atoms with Crippen molar-refractivity contribution in [2.75, 3.05) is 6.61 Å². The first-order valence-electron chi connectivity index (χ1n) is 3.51. The first-order chi connectivity index (χ1) is 5.06. The summed E-state index contributed by atoms with van der Waals surface area (Å²) in [7, 11) is 0. The van der Waals surface area contributed by atoms with E-state index in [1.165, 1.54) is 4.88 Å². The molecule has 0 spiro atoms. The van der Waals surface area contributed by atoms with E-state index in [-0.39, 0.29) is 6.61 Å². The third-order valence-electron chi connectivity index (χ3n) is 1.72. The van der Waals surface area contributed by atoms with Gasteiger partial charge in [0.05, 0.1) is 12.1 Å². The summed E-state index contributed by atoms with van der Waals surface area (Å²) >= 11 is 1.66. The molecule has 1 aromatic rings. The summed E-state index contributed by atoms with van der Waals surface area (Å²) in [6, 6.07) is 2.01. The summed E-state index contributed by atoms with van der Waals surface area (Å²) in [5.74, 6) is 0. The van der Waals surface area contributed by atoms with Gasteiger partial charge in [-0.2, -0.15) is 0 Å². The first kappa shape index (κ1) is 8.71. The maximum atomic E-state index is 8.94. The second-order valence-electron chi connectivity index (χ2n) is 3.02. The van der Waals surface area contributed by atoms with E-state index in [9.17, 15) is 0 Å². The van der Waals surface area contributed by atoms with Gasteiger partial charge in [-0.25, -0.2) is 0 Å². The number of hydrogen-bond acceptors (Lipinski definition) is 3. The van der Waals surface area contributed by atoms with E-state index in [0.717, 1.165) is 5.56 Å². The fourth-order valence-electron chi connectivity index (χ4n) is 0.834. The fraction of sp³-hybridized carbons (Fsp3) is 0.500. The molecule has 0 radical (unpaired) electrons. The molecule has 0 aromatic carbocycles. The van der Waals surface area contributed by atoms with E-state index < -0.39 is 5.54 Å². The average molecular weight is 171 g/mol. The van der Waals surface area contributed by atoms with Gasteiger partial charge in [-0.15, -0.1) is 11.3 Å². The summed E-state index contributed by atoms with van der Waals surface area (Å²) in [5, 5.41) is 10.9. The Morgan fingerprint density at radius 1 is 1.73 bits per heavy atom. The van der Waals surface area contributed by atoms with Crippen LogP contribution in [0.1, 0.15) is 17.4 Å². The van der Waals surface area contributed by atoms with Crippen LogP contribution >= 0.6 is 11.3 Å². The molecule has 2 nitrogen and oxygen atoms in total. The zero-order valence-electron chi connectivity index (χ0n) is 6.79. The van der Waals surface area contributed by atoms with Crippen LogP contribution in [-0.2, 0) is 5.54 Å². The van der Waals surface area contributed by atoms with Crippen LogP contribution in [0.3, 0.4) is 0 Å². The topological polar surface area (TPSA) is 46.2 Å². The van der Waals surface area contributed by atoms with Crippen molar-refractivity contribution in [1.82, 2.24) is 0 Å². The predicted octanol–water partition coefficient (Wildman–Crippen LogP) is 1.22. The zero-order valence-corrected chi connectivity index (χ0v) is 7.61. The Hall–Kier alpha value is -0.380. The van der Waals surface area contributed by atoms with Crippen molar-refractivity contribution in [3.05, 3.63) is 21.9 Å². The molecule has 0 amide bonds. The summed E-state index contributed by atoms with van der Waals surface area (Å²) in [5.41, 5.74) is 6.24. The maximum Gasteiger partial charge on any atom is 0.0650 e. The number of aliphatic hydroxyl groups excluding tert-OH is 1. The van der Waals surface area contributed by atoms with Crippen molar-refractivity contribution >= 4 is 11.3 Å². The number of aliphatic hydroxyl groups is 1. The molecular weight excluding hydrogens is 158 g/mol. The normalized spacial score (nSPS) is 16.4. The summed E-state index contributed by atoms with van der Waals surface area (Å²) in [4.78, 5) is 1.23. The molecular formula is C8H13NOS. The molecule has 0 aliphatic carbocycles. The highest BCUT2D eigenvalue weighted by atomic mass is 32.1. The summed E-state index contributed by atoms with van der Waals surface area (Å²) in [6.07, 6.45) is 0. The lowest BCUT2D eigenvalue weighted by molar-refractivity contribution is 0.210. The minimum atomic E-state index is -0.579.